The normalized spacial score (nSPS) is 20.8. The van der Waals surface area contributed by atoms with Crippen LogP contribution in [-0.2, 0) is 30.5 Å². The van der Waals surface area contributed by atoms with Gasteiger partial charge < -0.3 is 4.74 Å². The third-order valence-electron chi connectivity index (χ3n) is 6.76. The summed E-state index contributed by atoms with van der Waals surface area (Å²) < 4.78 is 5.40. The van der Waals surface area contributed by atoms with Crippen molar-refractivity contribution >= 4 is 45.8 Å². The maximum atomic E-state index is 12.7. The number of esters is 1. The fourth-order valence-electron chi connectivity index (χ4n) is 4.70. The van der Waals surface area contributed by atoms with E-state index in [-0.39, 0.29) is 36.2 Å². The van der Waals surface area contributed by atoms with E-state index in [1.54, 1.807) is 5.38 Å². The lowest BCUT2D eigenvalue weighted by atomic mass is 9.81. The van der Waals surface area contributed by atoms with Crippen LogP contribution in [0.1, 0.15) is 56.4 Å². The number of aromatic nitrogens is 1. The average Bonchev–Trinajstić information content (AvgIpc) is 3.37. The number of anilines is 2. The molecule has 2 heterocycles. The second-order valence-corrected chi connectivity index (χ2v) is 9.91. The molecule has 1 saturated heterocycles. The molecule has 0 spiro atoms. The number of fused-ring (bicyclic) bond motifs is 1. The third-order valence-corrected chi connectivity index (χ3v) is 7.64. The van der Waals surface area contributed by atoms with E-state index < -0.39 is 12.0 Å². The predicted octanol–water partition coefficient (Wildman–Crippen LogP) is 4.05. The molecule has 3 unspecified atom stereocenters. The van der Waals surface area contributed by atoms with E-state index >= 15 is 0 Å². The summed E-state index contributed by atoms with van der Waals surface area (Å²) in [6.07, 6.45) is 3.25. The van der Waals surface area contributed by atoms with E-state index in [4.69, 9.17) is 4.74 Å². The van der Waals surface area contributed by atoms with Crippen molar-refractivity contribution in [3.8, 4) is 0 Å². The molecular formula is C25H29N3O5S. The van der Waals surface area contributed by atoms with Crippen molar-refractivity contribution < 1.29 is 23.9 Å². The van der Waals surface area contributed by atoms with Gasteiger partial charge in [0.15, 0.2) is 5.13 Å². The Labute approximate surface area is 202 Å². The van der Waals surface area contributed by atoms with Gasteiger partial charge in [0.2, 0.25) is 17.7 Å². The minimum Gasteiger partial charge on any atom is -0.458 e. The Hall–Kier alpha value is -3.07. The van der Waals surface area contributed by atoms with Gasteiger partial charge in [0.25, 0.3) is 0 Å². The van der Waals surface area contributed by atoms with Crippen LogP contribution in [0.15, 0.2) is 23.6 Å². The molecule has 1 aromatic heterocycles. The Kier molecular flexibility index (Phi) is 6.84. The molecule has 2 aliphatic rings. The zero-order chi connectivity index (χ0) is 24.6. The summed E-state index contributed by atoms with van der Waals surface area (Å²) in [4.78, 5) is 57.6. The van der Waals surface area contributed by atoms with Crippen molar-refractivity contribution in [3.05, 3.63) is 40.4 Å². The number of hydrogen-bond acceptors (Lipinski definition) is 7. The number of thiazole rings is 1. The molecular weight excluding hydrogens is 454 g/mol. The van der Waals surface area contributed by atoms with E-state index in [0.29, 0.717) is 23.7 Å². The number of amides is 3. The van der Waals surface area contributed by atoms with Gasteiger partial charge in [-0.2, -0.15) is 0 Å². The number of aryl methyl sites for hydroxylation is 2. The van der Waals surface area contributed by atoms with Crippen LogP contribution in [0, 0.1) is 25.7 Å². The SMILES string of the molecule is CC(=O)N(c1ccc(C)c(C)c1)c1nc(COC(=O)C(C)N2C(=O)C3CCCCC3C2=O)cs1. The van der Waals surface area contributed by atoms with Gasteiger partial charge in [0.1, 0.15) is 12.6 Å². The Bertz CT molecular complexity index is 1120. The monoisotopic (exact) mass is 483 g/mol. The lowest BCUT2D eigenvalue weighted by Crippen LogP contribution is -2.44. The molecule has 8 nitrogen and oxygen atoms in total. The topological polar surface area (TPSA) is 96.9 Å². The number of benzene rings is 1. The van der Waals surface area contributed by atoms with E-state index in [1.165, 1.54) is 30.1 Å². The van der Waals surface area contributed by atoms with Gasteiger partial charge in [-0.15, -0.1) is 11.3 Å². The first-order valence-electron chi connectivity index (χ1n) is 11.5. The molecule has 34 heavy (non-hydrogen) atoms. The maximum absolute atomic E-state index is 12.7. The largest absolute Gasteiger partial charge is 0.458 e. The van der Waals surface area contributed by atoms with Crippen LogP contribution in [0.4, 0.5) is 10.8 Å². The van der Waals surface area contributed by atoms with Crippen LogP contribution in [-0.4, -0.2) is 39.6 Å². The van der Waals surface area contributed by atoms with Gasteiger partial charge in [0, 0.05) is 12.3 Å². The highest BCUT2D eigenvalue weighted by molar-refractivity contribution is 7.14. The van der Waals surface area contributed by atoms with Crippen LogP contribution in [0.3, 0.4) is 0 Å². The van der Waals surface area contributed by atoms with Gasteiger partial charge in [-0.05, 0) is 56.9 Å². The van der Waals surface area contributed by atoms with Crippen molar-refractivity contribution in [3.63, 3.8) is 0 Å². The number of likely N-dealkylation sites (tertiary alicyclic amines) is 1. The summed E-state index contributed by atoms with van der Waals surface area (Å²) in [6.45, 7) is 6.88. The van der Waals surface area contributed by atoms with Crippen LogP contribution in [0.25, 0.3) is 0 Å². The molecule has 1 aliphatic carbocycles. The zero-order valence-electron chi connectivity index (χ0n) is 19.9. The molecule has 0 bridgehead atoms. The van der Waals surface area contributed by atoms with Gasteiger partial charge in [-0.3, -0.25) is 24.2 Å². The standard InChI is InChI=1S/C25H29N3O5S/c1-14-9-10-19(11-15(14)2)28(17(4)29)25-26-18(13-34-25)12-33-24(32)16(3)27-22(30)20-7-5-6-8-21(20)23(27)31/h9-11,13,16,20-21H,5-8,12H2,1-4H3. The average molecular weight is 484 g/mol. The lowest BCUT2D eigenvalue weighted by molar-refractivity contribution is -0.159. The molecule has 4 rings (SSSR count). The smallest absolute Gasteiger partial charge is 0.329 e. The summed E-state index contributed by atoms with van der Waals surface area (Å²) in [5.41, 5.74) is 3.40. The summed E-state index contributed by atoms with van der Waals surface area (Å²) in [6, 6.07) is 4.78. The van der Waals surface area contributed by atoms with Crippen molar-refractivity contribution in [1.82, 2.24) is 9.88 Å². The van der Waals surface area contributed by atoms with Gasteiger partial charge in [-0.1, -0.05) is 18.9 Å². The Morgan fingerprint density at radius 3 is 2.38 bits per heavy atom. The third kappa shape index (κ3) is 4.49. The van der Waals surface area contributed by atoms with Gasteiger partial charge >= 0.3 is 5.97 Å². The van der Waals surface area contributed by atoms with E-state index in [9.17, 15) is 19.2 Å². The highest BCUT2D eigenvalue weighted by Crippen LogP contribution is 2.39. The molecule has 0 N–H and O–H groups in total. The minimum atomic E-state index is -0.979. The molecule has 0 radical (unpaired) electrons. The molecule has 1 saturated carbocycles. The number of rotatable bonds is 6. The molecule has 1 aliphatic heterocycles. The number of ether oxygens (including phenoxy) is 1. The second kappa shape index (κ2) is 9.66. The summed E-state index contributed by atoms with van der Waals surface area (Å²) in [7, 11) is 0. The number of imide groups is 1. The van der Waals surface area contributed by atoms with E-state index in [2.05, 4.69) is 4.98 Å². The highest BCUT2D eigenvalue weighted by Gasteiger charge is 2.51. The second-order valence-electron chi connectivity index (χ2n) is 9.07. The van der Waals surface area contributed by atoms with Crippen LogP contribution >= 0.6 is 11.3 Å². The van der Waals surface area contributed by atoms with Crippen LogP contribution in [0.5, 0.6) is 0 Å². The lowest BCUT2D eigenvalue weighted by Gasteiger charge is -2.21. The molecule has 9 heteroatoms. The number of nitrogens with zero attached hydrogens (tertiary/aromatic N) is 3. The molecule has 3 atom stereocenters. The quantitative estimate of drug-likeness (QED) is 0.454. The van der Waals surface area contributed by atoms with Crippen molar-refractivity contribution in [1.29, 1.82) is 0 Å². The zero-order valence-corrected chi connectivity index (χ0v) is 20.7. The molecule has 1 aromatic carbocycles. The Balaban J connectivity index is 1.42. The van der Waals surface area contributed by atoms with Gasteiger partial charge in [-0.25, -0.2) is 9.78 Å². The number of carbonyl (C=O) groups excluding carboxylic acids is 4. The molecule has 180 valence electrons. The molecule has 2 fully saturated rings. The highest BCUT2D eigenvalue weighted by atomic mass is 32.1. The van der Waals surface area contributed by atoms with E-state index in [0.717, 1.165) is 34.6 Å². The van der Waals surface area contributed by atoms with Gasteiger partial charge in [0.05, 0.1) is 23.2 Å². The maximum Gasteiger partial charge on any atom is 0.329 e. The summed E-state index contributed by atoms with van der Waals surface area (Å²) >= 11 is 1.27. The number of hydrogen-bond donors (Lipinski definition) is 0. The Morgan fingerprint density at radius 1 is 1.15 bits per heavy atom. The Morgan fingerprint density at radius 2 is 1.79 bits per heavy atom. The molecule has 3 amide bonds. The predicted molar refractivity (Wildman–Crippen MR) is 127 cm³/mol. The first kappa shape index (κ1) is 24.1. The minimum absolute atomic E-state index is 0.110. The van der Waals surface area contributed by atoms with Crippen LogP contribution in [0.2, 0.25) is 0 Å². The first-order valence-corrected chi connectivity index (χ1v) is 12.4. The van der Waals surface area contributed by atoms with E-state index in [1.807, 2.05) is 32.0 Å². The fraction of sp³-hybridized carbons (Fsp3) is 0.480. The van der Waals surface area contributed by atoms with Crippen molar-refractivity contribution in [2.45, 2.75) is 66.0 Å². The fourth-order valence-corrected chi connectivity index (χ4v) is 5.57. The molecule has 2 aromatic rings. The summed E-state index contributed by atoms with van der Waals surface area (Å²) in [5, 5.41) is 2.20. The van der Waals surface area contributed by atoms with Crippen molar-refractivity contribution in [2.75, 3.05) is 4.90 Å². The number of carbonyl (C=O) groups is 4. The van der Waals surface area contributed by atoms with Crippen LogP contribution < -0.4 is 4.90 Å². The van der Waals surface area contributed by atoms with Crippen molar-refractivity contribution in [2.24, 2.45) is 11.8 Å². The first-order chi connectivity index (χ1) is 16.2. The summed E-state index contributed by atoms with van der Waals surface area (Å²) in [5.74, 6) is -1.96.